The number of hydrogen-bond donors (Lipinski definition) is 0. The van der Waals surface area contributed by atoms with Crippen LogP contribution in [0.25, 0.3) is 10.9 Å². The Balaban J connectivity index is 1.51. The first-order chi connectivity index (χ1) is 12.8. The minimum Gasteiger partial charge on any atom is -0.379 e. The summed E-state index contributed by atoms with van der Waals surface area (Å²) in [5.74, 6) is 0.158. The van der Waals surface area contributed by atoms with E-state index in [4.69, 9.17) is 4.74 Å². The molecule has 0 unspecified atom stereocenters. The van der Waals surface area contributed by atoms with Crippen LogP contribution >= 0.6 is 0 Å². The van der Waals surface area contributed by atoms with E-state index in [1.54, 1.807) is 18.6 Å². The van der Waals surface area contributed by atoms with Gasteiger partial charge in [-0.2, -0.15) is 0 Å². The summed E-state index contributed by atoms with van der Waals surface area (Å²) in [6, 6.07) is 13.5. The number of aromatic nitrogens is 3. The standard InChI is InChI=1S/C20H20N4O2/c25-20(19-6-5-16-3-1-2-4-18(16)23-19)24-9-10-26-13-15(12-24)11-17-7-8-21-14-22-17/h1-8,14-15H,9-13H2/t15-/m0/s1. The molecule has 132 valence electrons. The lowest BCUT2D eigenvalue weighted by atomic mass is 10.0. The van der Waals surface area contributed by atoms with Crippen LogP contribution in [0.5, 0.6) is 0 Å². The van der Waals surface area contributed by atoms with Gasteiger partial charge < -0.3 is 9.64 Å². The molecular weight excluding hydrogens is 328 g/mol. The maximum atomic E-state index is 13.0. The highest BCUT2D eigenvalue weighted by Crippen LogP contribution is 2.17. The number of carbonyl (C=O) groups is 1. The van der Waals surface area contributed by atoms with Gasteiger partial charge in [-0.25, -0.2) is 15.0 Å². The second-order valence-corrected chi connectivity index (χ2v) is 6.49. The Bertz CT molecular complexity index is 900. The Hall–Kier alpha value is -2.86. The van der Waals surface area contributed by atoms with Crippen LogP contribution in [-0.4, -0.2) is 52.1 Å². The predicted molar refractivity (Wildman–Crippen MR) is 97.7 cm³/mol. The van der Waals surface area contributed by atoms with Crippen molar-refractivity contribution in [1.29, 1.82) is 0 Å². The number of fused-ring (bicyclic) bond motifs is 1. The molecule has 4 rings (SSSR count). The maximum Gasteiger partial charge on any atom is 0.272 e. The van der Waals surface area contributed by atoms with Crippen molar-refractivity contribution >= 4 is 16.8 Å². The monoisotopic (exact) mass is 348 g/mol. The average Bonchev–Trinajstić information content (AvgIpc) is 2.93. The van der Waals surface area contributed by atoms with E-state index in [0.717, 1.165) is 23.0 Å². The Morgan fingerprint density at radius 3 is 3.00 bits per heavy atom. The molecule has 26 heavy (non-hydrogen) atoms. The van der Waals surface area contributed by atoms with E-state index in [1.165, 1.54) is 0 Å². The van der Waals surface area contributed by atoms with E-state index in [1.807, 2.05) is 41.3 Å². The number of hydrogen-bond acceptors (Lipinski definition) is 5. The number of carbonyl (C=O) groups excluding carboxylic acids is 1. The highest BCUT2D eigenvalue weighted by Gasteiger charge is 2.24. The maximum absolute atomic E-state index is 13.0. The van der Waals surface area contributed by atoms with Crippen LogP contribution in [0.15, 0.2) is 55.0 Å². The van der Waals surface area contributed by atoms with Gasteiger partial charge in [0.2, 0.25) is 0 Å². The van der Waals surface area contributed by atoms with Crippen molar-refractivity contribution in [2.45, 2.75) is 6.42 Å². The van der Waals surface area contributed by atoms with Crippen LogP contribution in [0, 0.1) is 5.92 Å². The molecule has 0 N–H and O–H groups in total. The molecule has 1 aliphatic rings. The first kappa shape index (κ1) is 16.6. The van der Waals surface area contributed by atoms with Gasteiger partial charge in [0.25, 0.3) is 5.91 Å². The smallest absolute Gasteiger partial charge is 0.272 e. The number of ether oxygens (including phenoxy) is 1. The first-order valence-electron chi connectivity index (χ1n) is 8.77. The molecule has 3 heterocycles. The highest BCUT2D eigenvalue weighted by atomic mass is 16.5. The minimum atomic E-state index is -0.0473. The van der Waals surface area contributed by atoms with Crippen LogP contribution in [0.3, 0.4) is 0 Å². The van der Waals surface area contributed by atoms with Gasteiger partial charge in [-0.05, 0) is 24.6 Å². The fourth-order valence-corrected chi connectivity index (χ4v) is 3.27. The van der Waals surface area contributed by atoms with E-state index >= 15 is 0 Å². The van der Waals surface area contributed by atoms with E-state index in [0.29, 0.717) is 32.0 Å². The van der Waals surface area contributed by atoms with E-state index in [-0.39, 0.29) is 11.8 Å². The summed E-state index contributed by atoms with van der Waals surface area (Å²) in [5, 5.41) is 1.03. The highest BCUT2D eigenvalue weighted by molar-refractivity contribution is 5.94. The fraction of sp³-hybridized carbons (Fsp3) is 0.300. The van der Waals surface area contributed by atoms with Gasteiger partial charge in [0, 0.05) is 36.3 Å². The van der Waals surface area contributed by atoms with E-state index in [9.17, 15) is 4.79 Å². The second-order valence-electron chi connectivity index (χ2n) is 6.49. The molecule has 1 aromatic carbocycles. The number of amides is 1. The zero-order chi connectivity index (χ0) is 17.8. The topological polar surface area (TPSA) is 68.2 Å². The fourth-order valence-electron chi connectivity index (χ4n) is 3.27. The quantitative estimate of drug-likeness (QED) is 0.727. The van der Waals surface area contributed by atoms with Crippen molar-refractivity contribution in [1.82, 2.24) is 19.9 Å². The van der Waals surface area contributed by atoms with Gasteiger partial charge in [0.1, 0.15) is 12.0 Å². The summed E-state index contributed by atoms with van der Waals surface area (Å²) in [5.41, 5.74) is 2.28. The Kier molecular flexibility index (Phi) is 4.84. The van der Waals surface area contributed by atoms with Crippen molar-refractivity contribution in [3.8, 4) is 0 Å². The lowest BCUT2D eigenvalue weighted by Gasteiger charge is -2.23. The third-order valence-electron chi connectivity index (χ3n) is 4.58. The average molecular weight is 348 g/mol. The molecular formula is C20H20N4O2. The van der Waals surface area contributed by atoms with Crippen LogP contribution in [0.1, 0.15) is 16.2 Å². The molecule has 0 radical (unpaired) electrons. The van der Waals surface area contributed by atoms with Gasteiger partial charge in [0.05, 0.1) is 18.7 Å². The van der Waals surface area contributed by atoms with Crippen LogP contribution in [-0.2, 0) is 11.2 Å². The molecule has 0 bridgehead atoms. The van der Waals surface area contributed by atoms with Gasteiger partial charge in [0.15, 0.2) is 0 Å². The number of rotatable bonds is 3. The molecule has 0 aliphatic carbocycles. The Labute approximate surface area is 151 Å². The molecule has 1 atom stereocenters. The van der Waals surface area contributed by atoms with Crippen molar-refractivity contribution < 1.29 is 9.53 Å². The van der Waals surface area contributed by atoms with E-state index < -0.39 is 0 Å². The minimum absolute atomic E-state index is 0.0473. The predicted octanol–water partition coefficient (Wildman–Crippen LogP) is 2.36. The number of benzene rings is 1. The van der Waals surface area contributed by atoms with Crippen LogP contribution < -0.4 is 0 Å². The molecule has 0 spiro atoms. The zero-order valence-corrected chi connectivity index (χ0v) is 14.4. The summed E-state index contributed by atoms with van der Waals surface area (Å²) in [7, 11) is 0. The normalized spacial score (nSPS) is 17.8. The molecule has 1 aliphatic heterocycles. The zero-order valence-electron chi connectivity index (χ0n) is 14.4. The molecule has 6 nitrogen and oxygen atoms in total. The number of para-hydroxylation sites is 1. The first-order valence-corrected chi connectivity index (χ1v) is 8.77. The SMILES string of the molecule is O=C(c1ccc2ccccc2n1)N1CCOC[C@@H](Cc2ccncn2)C1. The molecule has 3 aromatic rings. The Morgan fingerprint density at radius 2 is 2.12 bits per heavy atom. The molecule has 1 fully saturated rings. The summed E-state index contributed by atoms with van der Waals surface area (Å²) in [6.45, 7) is 2.38. The molecule has 1 amide bonds. The van der Waals surface area contributed by atoms with Crippen LogP contribution in [0.4, 0.5) is 0 Å². The van der Waals surface area contributed by atoms with Gasteiger partial charge >= 0.3 is 0 Å². The number of nitrogens with zero attached hydrogens (tertiary/aromatic N) is 4. The third-order valence-corrected chi connectivity index (χ3v) is 4.58. The lowest BCUT2D eigenvalue weighted by molar-refractivity contribution is 0.0732. The molecule has 6 heteroatoms. The van der Waals surface area contributed by atoms with Crippen molar-refractivity contribution in [2.24, 2.45) is 5.92 Å². The summed E-state index contributed by atoms with van der Waals surface area (Å²) in [4.78, 5) is 27.6. The molecule has 2 aromatic heterocycles. The van der Waals surface area contributed by atoms with E-state index in [2.05, 4.69) is 15.0 Å². The van der Waals surface area contributed by atoms with Gasteiger partial charge in [-0.3, -0.25) is 4.79 Å². The summed E-state index contributed by atoms with van der Waals surface area (Å²) < 4.78 is 5.71. The van der Waals surface area contributed by atoms with Crippen molar-refractivity contribution in [2.75, 3.05) is 26.3 Å². The van der Waals surface area contributed by atoms with Gasteiger partial charge in [-0.1, -0.05) is 24.3 Å². The van der Waals surface area contributed by atoms with Gasteiger partial charge in [-0.15, -0.1) is 0 Å². The third kappa shape index (κ3) is 3.70. The van der Waals surface area contributed by atoms with Crippen LogP contribution in [0.2, 0.25) is 0 Å². The molecule has 1 saturated heterocycles. The Morgan fingerprint density at radius 1 is 1.19 bits per heavy atom. The summed E-state index contributed by atoms with van der Waals surface area (Å²) >= 11 is 0. The second kappa shape index (κ2) is 7.58. The van der Waals surface area contributed by atoms with Crippen molar-refractivity contribution in [3.63, 3.8) is 0 Å². The summed E-state index contributed by atoms with van der Waals surface area (Å²) in [6.07, 6.45) is 4.05. The largest absolute Gasteiger partial charge is 0.379 e. The lowest BCUT2D eigenvalue weighted by Crippen LogP contribution is -2.37. The van der Waals surface area contributed by atoms with Crippen molar-refractivity contribution in [3.05, 3.63) is 66.4 Å². The number of pyridine rings is 1. The molecule has 0 saturated carbocycles.